The highest BCUT2D eigenvalue weighted by molar-refractivity contribution is 6.31. The van der Waals surface area contributed by atoms with E-state index in [9.17, 15) is 5.11 Å². The van der Waals surface area contributed by atoms with Crippen molar-refractivity contribution in [1.29, 1.82) is 0 Å². The lowest BCUT2D eigenvalue weighted by atomic mass is 9.93. The number of aliphatic hydroxyl groups excluding tert-OH is 1. The predicted octanol–water partition coefficient (Wildman–Crippen LogP) is 5.93. The molecule has 2 unspecified atom stereocenters. The SMILES string of the molecule is CC(C)(Cc1ccc2ccccc2c1)NCC(O)COC(c1ccccc1Cl)C1CC1. The predicted molar refractivity (Wildman–Crippen MR) is 129 cm³/mol. The second-order valence-electron chi connectivity index (χ2n) is 9.39. The van der Waals surface area contributed by atoms with E-state index < -0.39 is 6.10 Å². The van der Waals surface area contributed by atoms with E-state index in [0.29, 0.717) is 19.1 Å². The Morgan fingerprint density at radius 2 is 1.74 bits per heavy atom. The van der Waals surface area contributed by atoms with Crippen LogP contribution in [0, 0.1) is 5.92 Å². The highest BCUT2D eigenvalue weighted by Gasteiger charge is 2.34. The Morgan fingerprint density at radius 3 is 2.48 bits per heavy atom. The van der Waals surface area contributed by atoms with Crippen molar-refractivity contribution in [3.63, 3.8) is 0 Å². The lowest BCUT2D eigenvalue weighted by Crippen LogP contribution is -2.46. The standard InChI is InChI=1S/C27H32ClNO2/c1-27(2,16-19-11-12-20-7-3-4-8-22(20)15-19)29-17-23(30)18-31-26(21-13-14-21)24-9-5-6-10-25(24)28/h3-12,15,21,23,26,29-30H,13-14,16-18H2,1-2H3. The van der Waals surface area contributed by atoms with Gasteiger partial charge in [-0.05, 0) is 67.0 Å². The molecular weight excluding hydrogens is 406 g/mol. The molecule has 4 heteroatoms. The number of ether oxygens (including phenoxy) is 1. The summed E-state index contributed by atoms with van der Waals surface area (Å²) in [5, 5.41) is 17.3. The van der Waals surface area contributed by atoms with Crippen molar-refractivity contribution in [2.75, 3.05) is 13.2 Å². The van der Waals surface area contributed by atoms with Crippen molar-refractivity contribution in [2.45, 2.75) is 50.9 Å². The molecular formula is C27H32ClNO2. The van der Waals surface area contributed by atoms with Crippen LogP contribution < -0.4 is 5.32 Å². The Kier molecular flexibility index (Phi) is 6.98. The molecule has 0 bridgehead atoms. The van der Waals surface area contributed by atoms with E-state index in [-0.39, 0.29) is 11.6 Å². The molecule has 0 radical (unpaired) electrons. The molecule has 0 saturated heterocycles. The van der Waals surface area contributed by atoms with Crippen LogP contribution >= 0.6 is 11.6 Å². The maximum Gasteiger partial charge on any atom is 0.0898 e. The molecule has 1 aliphatic rings. The van der Waals surface area contributed by atoms with Crippen LogP contribution in [-0.2, 0) is 11.2 Å². The first-order valence-electron chi connectivity index (χ1n) is 11.2. The first kappa shape index (κ1) is 22.3. The topological polar surface area (TPSA) is 41.5 Å². The van der Waals surface area contributed by atoms with E-state index >= 15 is 0 Å². The number of rotatable bonds is 10. The summed E-state index contributed by atoms with van der Waals surface area (Å²) in [6, 6.07) is 22.9. The molecule has 0 amide bonds. The fourth-order valence-corrected chi connectivity index (χ4v) is 4.42. The Labute approximate surface area is 190 Å². The van der Waals surface area contributed by atoms with Crippen molar-refractivity contribution in [3.8, 4) is 0 Å². The molecule has 0 aromatic heterocycles. The first-order chi connectivity index (χ1) is 14.9. The van der Waals surface area contributed by atoms with Crippen molar-refractivity contribution in [1.82, 2.24) is 5.32 Å². The minimum absolute atomic E-state index is 0.0334. The van der Waals surface area contributed by atoms with Crippen LogP contribution in [0.1, 0.15) is 43.9 Å². The molecule has 2 atom stereocenters. The summed E-state index contributed by atoms with van der Waals surface area (Å²) in [5.74, 6) is 0.504. The maximum absolute atomic E-state index is 10.6. The van der Waals surface area contributed by atoms with Crippen LogP contribution in [0.3, 0.4) is 0 Å². The number of benzene rings is 3. The van der Waals surface area contributed by atoms with Gasteiger partial charge in [0, 0.05) is 17.1 Å². The van der Waals surface area contributed by atoms with E-state index in [4.69, 9.17) is 16.3 Å². The largest absolute Gasteiger partial charge is 0.389 e. The van der Waals surface area contributed by atoms with Gasteiger partial charge >= 0.3 is 0 Å². The van der Waals surface area contributed by atoms with Gasteiger partial charge in [-0.25, -0.2) is 0 Å². The Hall–Kier alpha value is -1.91. The van der Waals surface area contributed by atoms with Gasteiger partial charge in [-0.15, -0.1) is 0 Å². The molecule has 4 rings (SSSR count). The van der Waals surface area contributed by atoms with Crippen LogP contribution in [0.4, 0.5) is 0 Å². The fraction of sp³-hybridized carbons (Fsp3) is 0.407. The lowest BCUT2D eigenvalue weighted by molar-refractivity contribution is -0.0211. The van der Waals surface area contributed by atoms with Gasteiger partial charge < -0.3 is 15.2 Å². The third kappa shape index (κ3) is 6.08. The van der Waals surface area contributed by atoms with Gasteiger partial charge in [0.2, 0.25) is 0 Å². The summed E-state index contributed by atoms with van der Waals surface area (Å²) in [5.41, 5.74) is 2.18. The monoisotopic (exact) mass is 437 g/mol. The van der Waals surface area contributed by atoms with Gasteiger partial charge in [0.05, 0.1) is 18.8 Å². The van der Waals surface area contributed by atoms with Gasteiger partial charge in [-0.2, -0.15) is 0 Å². The fourth-order valence-electron chi connectivity index (χ4n) is 4.17. The third-order valence-electron chi connectivity index (χ3n) is 6.01. The maximum atomic E-state index is 10.6. The first-order valence-corrected chi connectivity index (χ1v) is 11.6. The Bertz CT molecular complexity index is 1010. The summed E-state index contributed by atoms with van der Waals surface area (Å²) in [7, 11) is 0. The highest BCUT2D eigenvalue weighted by Crippen LogP contribution is 2.45. The second-order valence-corrected chi connectivity index (χ2v) is 9.80. The normalized spacial score (nSPS) is 16.4. The highest BCUT2D eigenvalue weighted by atomic mass is 35.5. The summed E-state index contributed by atoms with van der Waals surface area (Å²) in [4.78, 5) is 0. The molecule has 3 nitrogen and oxygen atoms in total. The number of nitrogens with one attached hydrogen (secondary N) is 1. The molecule has 3 aromatic carbocycles. The van der Waals surface area contributed by atoms with E-state index in [2.05, 4.69) is 61.6 Å². The zero-order valence-corrected chi connectivity index (χ0v) is 19.1. The van der Waals surface area contributed by atoms with Gasteiger partial charge in [0.25, 0.3) is 0 Å². The van der Waals surface area contributed by atoms with Crippen LogP contribution in [-0.4, -0.2) is 29.9 Å². The zero-order chi connectivity index (χ0) is 21.8. The molecule has 0 spiro atoms. The molecule has 1 fully saturated rings. The molecule has 31 heavy (non-hydrogen) atoms. The van der Waals surface area contributed by atoms with Crippen molar-refractivity contribution in [3.05, 3.63) is 82.9 Å². The smallest absolute Gasteiger partial charge is 0.0898 e. The summed E-state index contributed by atoms with van der Waals surface area (Å²) in [6.07, 6.45) is 2.59. The minimum atomic E-state index is -0.570. The van der Waals surface area contributed by atoms with E-state index in [1.807, 2.05) is 24.3 Å². The number of fused-ring (bicyclic) bond motifs is 1. The third-order valence-corrected chi connectivity index (χ3v) is 6.35. The van der Waals surface area contributed by atoms with Gasteiger partial charge in [-0.1, -0.05) is 72.3 Å². The second kappa shape index (κ2) is 9.70. The Balaban J connectivity index is 1.29. The van der Waals surface area contributed by atoms with Crippen LogP contribution in [0.25, 0.3) is 10.8 Å². The number of β-amino-alcohol motifs (C(OH)–C–C–N with tert-alkyl or cyclic N) is 1. The molecule has 164 valence electrons. The van der Waals surface area contributed by atoms with E-state index in [0.717, 1.165) is 29.8 Å². The molecule has 1 saturated carbocycles. The number of aliphatic hydroxyl groups is 1. The number of halogens is 1. The van der Waals surface area contributed by atoms with Crippen LogP contribution in [0.2, 0.25) is 5.02 Å². The van der Waals surface area contributed by atoms with E-state index in [1.165, 1.54) is 16.3 Å². The average molecular weight is 438 g/mol. The van der Waals surface area contributed by atoms with Crippen molar-refractivity contribution < 1.29 is 9.84 Å². The average Bonchev–Trinajstić information content (AvgIpc) is 3.59. The lowest BCUT2D eigenvalue weighted by Gasteiger charge is -2.29. The molecule has 1 aliphatic carbocycles. The van der Waals surface area contributed by atoms with Crippen molar-refractivity contribution in [2.24, 2.45) is 5.92 Å². The molecule has 0 aliphatic heterocycles. The quantitative estimate of drug-likeness (QED) is 0.413. The van der Waals surface area contributed by atoms with Crippen molar-refractivity contribution >= 4 is 22.4 Å². The molecule has 3 aromatic rings. The van der Waals surface area contributed by atoms with Gasteiger partial charge in [-0.3, -0.25) is 0 Å². The number of hydrogen-bond acceptors (Lipinski definition) is 3. The van der Waals surface area contributed by atoms with E-state index in [1.54, 1.807) is 0 Å². The summed E-state index contributed by atoms with van der Waals surface area (Å²) in [6.45, 7) is 5.13. The van der Waals surface area contributed by atoms with Crippen LogP contribution in [0.5, 0.6) is 0 Å². The summed E-state index contributed by atoms with van der Waals surface area (Å²) >= 11 is 6.39. The van der Waals surface area contributed by atoms with Crippen LogP contribution in [0.15, 0.2) is 66.7 Å². The minimum Gasteiger partial charge on any atom is -0.389 e. The zero-order valence-electron chi connectivity index (χ0n) is 18.4. The Morgan fingerprint density at radius 1 is 1.03 bits per heavy atom. The molecule has 2 N–H and O–H groups in total. The molecule has 0 heterocycles. The van der Waals surface area contributed by atoms with Gasteiger partial charge in [0.15, 0.2) is 0 Å². The number of hydrogen-bond donors (Lipinski definition) is 2. The summed E-state index contributed by atoms with van der Waals surface area (Å²) < 4.78 is 6.15. The van der Waals surface area contributed by atoms with Gasteiger partial charge in [0.1, 0.15) is 0 Å².